The third kappa shape index (κ3) is 2.03. The topological polar surface area (TPSA) is 35.2 Å². The second-order valence-corrected chi connectivity index (χ2v) is 4.37. The lowest BCUT2D eigenvalue weighted by atomic mass is 10.0. The van der Waals surface area contributed by atoms with Crippen molar-refractivity contribution < 1.29 is 4.74 Å². The van der Waals surface area contributed by atoms with E-state index in [0.717, 1.165) is 16.9 Å². The Morgan fingerprint density at radius 1 is 1.00 bits per heavy atom. The Kier molecular flexibility index (Phi) is 2.87. The lowest BCUT2D eigenvalue weighted by Gasteiger charge is -2.13. The van der Waals surface area contributed by atoms with Crippen molar-refractivity contribution >= 4 is 6.08 Å². The van der Waals surface area contributed by atoms with E-state index in [1.807, 2.05) is 12.1 Å². The van der Waals surface area contributed by atoms with Crippen LogP contribution in [-0.2, 0) is 6.54 Å². The molecule has 3 rings (SSSR count). The number of rotatable bonds is 2. The van der Waals surface area contributed by atoms with E-state index < -0.39 is 0 Å². The minimum atomic E-state index is 0.584. The highest BCUT2D eigenvalue weighted by atomic mass is 16.5. The Balaban J connectivity index is 1.99. The summed E-state index contributed by atoms with van der Waals surface area (Å²) in [5.74, 6) is 0.958. The molecule has 0 atom stereocenters. The van der Waals surface area contributed by atoms with E-state index in [4.69, 9.17) is 10.5 Å². The van der Waals surface area contributed by atoms with Crippen LogP contribution in [0.15, 0.2) is 48.5 Å². The van der Waals surface area contributed by atoms with Crippen LogP contribution >= 0.6 is 0 Å². The molecule has 2 heteroatoms. The molecule has 0 radical (unpaired) electrons. The van der Waals surface area contributed by atoms with Gasteiger partial charge in [-0.3, -0.25) is 0 Å². The highest BCUT2D eigenvalue weighted by Crippen LogP contribution is 2.29. The molecule has 0 amide bonds. The standard InChI is InChI=1S/C16H15NO/c17-11-12-3-5-13(6-4-12)14-7-8-16-15(10-14)2-1-9-18-16/h1-8,10H,9,11,17H2. The molecule has 1 aliphatic heterocycles. The Morgan fingerprint density at radius 2 is 1.78 bits per heavy atom. The first-order valence-corrected chi connectivity index (χ1v) is 6.09. The molecule has 2 nitrogen and oxygen atoms in total. The minimum Gasteiger partial charge on any atom is -0.489 e. The van der Waals surface area contributed by atoms with E-state index in [2.05, 4.69) is 42.5 Å². The van der Waals surface area contributed by atoms with Crippen LogP contribution in [0.4, 0.5) is 0 Å². The summed E-state index contributed by atoms with van der Waals surface area (Å²) < 4.78 is 5.55. The zero-order valence-corrected chi connectivity index (χ0v) is 10.1. The molecule has 0 unspecified atom stereocenters. The number of hydrogen-bond acceptors (Lipinski definition) is 2. The monoisotopic (exact) mass is 237 g/mol. The Morgan fingerprint density at radius 3 is 2.56 bits per heavy atom. The SMILES string of the molecule is NCc1ccc(-c2ccc3c(c2)C=CCO3)cc1. The normalized spacial score (nSPS) is 12.9. The first-order chi connectivity index (χ1) is 8.86. The third-order valence-corrected chi connectivity index (χ3v) is 3.17. The van der Waals surface area contributed by atoms with Crippen molar-refractivity contribution in [2.45, 2.75) is 6.54 Å². The van der Waals surface area contributed by atoms with Crippen LogP contribution in [0.1, 0.15) is 11.1 Å². The summed E-state index contributed by atoms with van der Waals surface area (Å²) in [7, 11) is 0. The zero-order valence-electron chi connectivity index (χ0n) is 10.1. The Bertz CT molecular complexity index is 585. The van der Waals surface area contributed by atoms with Crippen molar-refractivity contribution in [3.63, 3.8) is 0 Å². The molecular weight excluding hydrogens is 222 g/mol. The van der Waals surface area contributed by atoms with E-state index in [-0.39, 0.29) is 0 Å². The van der Waals surface area contributed by atoms with Crippen molar-refractivity contribution in [1.29, 1.82) is 0 Å². The van der Waals surface area contributed by atoms with Gasteiger partial charge in [-0.1, -0.05) is 36.4 Å². The second kappa shape index (κ2) is 4.67. The van der Waals surface area contributed by atoms with Gasteiger partial charge in [-0.2, -0.15) is 0 Å². The first-order valence-electron chi connectivity index (χ1n) is 6.09. The molecular formula is C16H15NO. The summed E-state index contributed by atoms with van der Waals surface area (Å²) in [6.45, 7) is 1.25. The van der Waals surface area contributed by atoms with Gasteiger partial charge in [-0.05, 0) is 34.9 Å². The molecule has 0 saturated carbocycles. The molecule has 0 bridgehead atoms. The molecule has 18 heavy (non-hydrogen) atoms. The van der Waals surface area contributed by atoms with E-state index in [1.54, 1.807) is 0 Å². The summed E-state index contributed by atoms with van der Waals surface area (Å²) in [6, 6.07) is 14.6. The van der Waals surface area contributed by atoms with Crippen molar-refractivity contribution in [2.24, 2.45) is 5.73 Å². The fraction of sp³-hybridized carbons (Fsp3) is 0.125. The van der Waals surface area contributed by atoms with Crippen LogP contribution in [0.25, 0.3) is 17.2 Å². The van der Waals surface area contributed by atoms with Gasteiger partial charge in [0.25, 0.3) is 0 Å². The smallest absolute Gasteiger partial charge is 0.127 e. The summed E-state index contributed by atoms with van der Waals surface area (Å²) in [5.41, 5.74) is 10.3. The predicted molar refractivity (Wildman–Crippen MR) is 74.3 cm³/mol. The molecule has 0 saturated heterocycles. The molecule has 0 aromatic heterocycles. The molecule has 0 fully saturated rings. The highest BCUT2D eigenvalue weighted by Gasteiger charge is 2.07. The van der Waals surface area contributed by atoms with Gasteiger partial charge in [0, 0.05) is 12.1 Å². The predicted octanol–water partition coefficient (Wildman–Crippen LogP) is 3.22. The van der Waals surface area contributed by atoms with Crippen molar-refractivity contribution in [1.82, 2.24) is 0 Å². The van der Waals surface area contributed by atoms with Crippen molar-refractivity contribution in [2.75, 3.05) is 6.61 Å². The van der Waals surface area contributed by atoms with Crippen LogP contribution in [0.2, 0.25) is 0 Å². The maximum absolute atomic E-state index is 5.60. The molecule has 0 spiro atoms. The van der Waals surface area contributed by atoms with Gasteiger partial charge >= 0.3 is 0 Å². The number of fused-ring (bicyclic) bond motifs is 1. The van der Waals surface area contributed by atoms with Gasteiger partial charge in [0.15, 0.2) is 0 Å². The second-order valence-electron chi connectivity index (χ2n) is 4.37. The van der Waals surface area contributed by atoms with Crippen LogP contribution in [0.3, 0.4) is 0 Å². The van der Waals surface area contributed by atoms with Gasteiger partial charge in [-0.15, -0.1) is 0 Å². The lowest BCUT2D eigenvalue weighted by molar-refractivity contribution is 0.358. The first kappa shape index (κ1) is 11.1. The maximum atomic E-state index is 5.60. The van der Waals surface area contributed by atoms with Gasteiger partial charge in [0.05, 0.1) is 0 Å². The van der Waals surface area contributed by atoms with Crippen LogP contribution < -0.4 is 10.5 Å². The molecule has 2 aromatic rings. The number of benzene rings is 2. The number of nitrogens with two attached hydrogens (primary N) is 1. The molecule has 2 N–H and O–H groups in total. The lowest BCUT2D eigenvalue weighted by Crippen LogP contribution is -2.00. The van der Waals surface area contributed by atoms with E-state index in [1.165, 1.54) is 11.1 Å². The summed E-state index contributed by atoms with van der Waals surface area (Å²) in [5, 5.41) is 0. The third-order valence-electron chi connectivity index (χ3n) is 3.17. The Hall–Kier alpha value is -2.06. The molecule has 0 aliphatic carbocycles. The zero-order chi connectivity index (χ0) is 12.4. The molecule has 2 aromatic carbocycles. The van der Waals surface area contributed by atoms with Crippen LogP contribution in [0.5, 0.6) is 5.75 Å². The van der Waals surface area contributed by atoms with Gasteiger partial charge < -0.3 is 10.5 Å². The van der Waals surface area contributed by atoms with Gasteiger partial charge in [0.2, 0.25) is 0 Å². The molecule has 1 heterocycles. The average Bonchev–Trinajstić information content (AvgIpc) is 2.47. The fourth-order valence-corrected chi connectivity index (χ4v) is 2.14. The largest absolute Gasteiger partial charge is 0.489 e. The molecule has 90 valence electrons. The quantitative estimate of drug-likeness (QED) is 0.870. The van der Waals surface area contributed by atoms with Gasteiger partial charge in [-0.25, -0.2) is 0 Å². The summed E-state index contributed by atoms with van der Waals surface area (Å²) in [6.07, 6.45) is 4.14. The summed E-state index contributed by atoms with van der Waals surface area (Å²) in [4.78, 5) is 0. The minimum absolute atomic E-state index is 0.584. The maximum Gasteiger partial charge on any atom is 0.127 e. The van der Waals surface area contributed by atoms with E-state index >= 15 is 0 Å². The average molecular weight is 237 g/mol. The van der Waals surface area contributed by atoms with Crippen LogP contribution in [-0.4, -0.2) is 6.61 Å². The van der Waals surface area contributed by atoms with Gasteiger partial charge in [0.1, 0.15) is 12.4 Å². The van der Waals surface area contributed by atoms with Crippen LogP contribution in [0, 0.1) is 0 Å². The molecule has 1 aliphatic rings. The van der Waals surface area contributed by atoms with E-state index in [0.29, 0.717) is 13.2 Å². The van der Waals surface area contributed by atoms with Crippen molar-refractivity contribution in [3.8, 4) is 16.9 Å². The number of hydrogen-bond donors (Lipinski definition) is 1. The summed E-state index contributed by atoms with van der Waals surface area (Å²) >= 11 is 0. The fourth-order valence-electron chi connectivity index (χ4n) is 2.14. The number of ether oxygens (including phenoxy) is 1. The Labute approximate surface area is 107 Å². The highest BCUT2D eigenvalue weighted by molar-refractivity contribution is 5.71. The van der Waals surface area contributed by atoms with E-state index in [9.17, 15) is 0 Å². The van der Waals surface area contributed by atoms with Crippen molar-refractivity contribution in [3.05, 3.63) is 59.7 Å².